The summed E-state index contributed by atoms with van der Waals surface area (Å²) < 4.78 is 28.1. The number of pyridine rings is 1. The normalized spacial score (nSPS) is 17.8. The molecule has 2 aromatic carbocycles. The highest BCUT2D eigenvalue weighted by Crippen LogP contribution is 2.43. The van der Waals surface area contributed by atoms with E-state index in [1.807, 2.05) is 48.5 Å². The second kappa shape index (κ2) is 9.40. The monoisotopic (exact) mass is 517 g/mol. The Kier molecular flexibility index (Phi) is 6.27. The van der Waals surface area contributed by atoms with Gasteiger partial charge >= 0.3 is 0 Å². The van der Waals surface area contributed by atoms with E-state index in [0.717, 1.165) is 40.3 Å². The topological polar surface area (TPSA) is 79.3 Å². The average Bonchev–Trinajstić information content (AvgIpc) is 3.35. The van der Waals surface area contributed by atoms with Crippen molar-refractivity contribution in [2.45, 2.75) is 25.9 Å². The molecule has 2 atom stereocenters. The van der Waals surface area contributed by atoms with Crippen LogP contribution in [0.15, 0.2) is 85.1 Å². The minimum atomic E-state index is -3.37. The summed E-state index contributed by atoms with van der Waals surface area (Å²) in [5.41, 5.74) is 6.74. The van der Waals surface area contributed by atoms with E-state index >= 15 is 0 Å². The molecule has 2 aromatic heterocycles. The van der Waals surface area contributed by atoms with Gasteiger partial charge in [0.05, 0.1) is 24.0 Å². The molecule has 1 fully saturated rings. The second-order valence-electron chi connectivity index (χ2n) is 8.92. The lowest BCUT2D eigenvalue weighted by Gasteiger charge is -2.28. The van der Waals surface area contributed by atoms with Crippen molar-refractivity contribution in [3.8, 4) is 5.69 Å². The van der Waals surface area contributed by atoms with Crippen LogP contribution in [0.3, 0.4) is 0 Å². The van der Waals surface area contributed by atoms with E-state index in [1.165, 1.54) is 0 Å². The van der Waals surface area contributed by atoms with Crippen molar-refractivity contribution in [3.05, 3.63) is 108 Å². The van der Waals surface area contributed by atoms with Crippen LogP contribution in [0.5, 0.6) is 0 Å². The van der Waals surface area contributed by atoms with Crippen molar-refractivity contribution in [1.82, 2.24) is 14.9 Å². The zero-order valence-electron chi connectivity index (χ0n) is 20.2. The van der Waals surface area contributed by atoms with Gasteiger partial charge in [0.1, 0.15) is 0 Å². The molecule has 9 heteroatoms. The molecular weight excluding hydrogens is 490 g/mol. The Bertz CT molecular complexity index is 1500. The molecule has 0 amide bonds. The molecule has 0 radical (unpaired) electrons. The van der Waals surface area contributed by atoms with Gasteiger partial charge < -0.3 is 14.8 Å². The molecular formula is C27H27N5O2S2. The van der Waals surface area contributed by atoms with E-state index < -0.39 is 10.0 Å². The third kappa shape index (κ3) is 4.59. The molecule has 36 heavy (non-hydrogen) atoms. The fourth-order valence-electron chi connectivity index (χ4n) is 4.91. The van der Waals surface area contributed by atoms with Crippen LogP contribution in [0.4, 0.5) is 11.4 Å². The van der Waals surface area contributed by atoms with Gasteiger partial charge in [-0.3, -0.25) is 9.71 Å². The van der Waals surface area contributed by atoms with Gasteiger partial charge in [0, 0.05) is 34.6 Å². The number of para-hydroxylation sites is 1. The molecule has 1 saturated heterocycles. The number of aryl methyl sites for hydroxylation is 1. The lowest BCUT2D eigenvalue weighted by atomic mass is 9.96. The van der Waals surface area contributed by atoms with Crippen molar-refractivity contribution in [2.75, 3.05) is 15.9 Å². The number of hydrogen-bond donors (Lipinski definition) is 2. The fraction of sp³-hybridized carbons (Fsp3) is 0.185. The van der Waals surface area contributed by atoms with Crippen LogP contribution in [-0.2, 0) is 10.0 Å². The first-order chi connectivity index (χ1) is 17.2. The molecule has 3 heterocycles. The van der Waals surface area contributed by atoms with Gasteiger partial charge in [0.25, 0.3) is 0 Å². The lowest BCUT2D eigenvalue weighted by molar-refractivity contribution is 0.565. The van der Waals surface area contributed by atoms with Gasteiger partial charge in [0.2, 0.25) is 10.0 Å². The summed E-state index contributed by atoms with van der Waals surface area (Å²) >= 11 is 5.84. The number of sulfonamides is 1. The Balaban J connectivity index is 1.62. The van der Waals surface area contributed by atoms with Crippen molar-refractivity contribution in [3.63, 3.8) is 0 Å². The first-order valence-electron chi connectivity index (χ1n) is 11.6. The van der Waals surface area contributed by atoms with E-state index in [2.05, 4.69) is 56.5 Å². The number of nitrogens with zero attached hydrogens (tertiary/aromatic N) is 3. The number of nitrogens with one attached hydrogen (secondary N) is 2. The number of thiocarbonyl (C=S) groups is 1. The number of aromatic nitrogens is 2. The zero-order valence-corrected chi connectivity index (χ0v) is 21.8. The fourth-order valence-corrected chi connectivity index (χ4v) is 5.82. The zero-order chi connectivity index (χ0) is 25.4. The number of hydrogen-bond acceptors (Lipinski definition) is 4. The molecule has 0 spiro atoms. The second-order valence-corrected chi connectivity index (χ2v) is 11.1. The quantitative estimate of drug-likeness (QED) is 0.349. The highest BCUT2D eigenvalue weighted by Gasteiger charge is 2.42. The molecule has 2 N–H and O–H groups in total. The summed E-state index contributed by atoms with van der Waals surface area (Å²) in [5, 5.41) is 4.08. The van der Waals surface area contributed by atoms with Crippen LogP contribution in [0, 0.1) is 13.8 Å². The average molecular weight is 518 g/mol. The van der Waals surface area contributed by atoms with Crippen LogP contribution in [0.25, 0.3) is 5.69 Å². The van der Waals surface area contributed by atoms with Crippen LogP contribution in [0.2, 0.25) is 0 Å². The van der Waals surface area contributed by atoms with Crippen molar-refractivity contribution in [2.24, 2.45) is 0 Å². The summed E-state index contributed by atoms with van der Waals surface area (Å²) in [5.74, 6) is 0. The van der Waals surface area contributed by atoms with Gasteiger partial charge in [-0.2, -0.15) is 0 Å². The molecule has 5 rings (SSSR count). The Morgan fingerprint density at radius 2 is 1.64 bits per heavy atom. The largest absolute Gasteiger partial charge is 0.351 e. The molecule has 4 aromatic rings. The summed E-state index contributed by atoms with van der Waals surface area (Å²) in [7, 11) is -3.37. The summed E-state index contributed by atoms with van der Waals surface area (Å²) in [6.07, 6.45) is 2.93. The molecule has 0 unspecified atom stereocenters. The molecule has 0 aliphatic carbocycles. The summed E-state index contributed by atoms with van der Waals surface area (Å²) in [6, 6.07) is 25.3. The SMILES string of the molecule is Cc1cc([C@@H]2[C@@H](c3ccccn3)NC(=S)N2c2ccc(NS(C)(=O)=O)cc2)c(C)n1-c1ccccc1. The summed E-state index contributed by atoms with van der Waals surface area (Å²) in [4.78, 5) is 6.73. The van der Waals surface area contributed by atoms with Gasteiger partial charge in [-0.1, -0.05) is 24.3 Å². The molecule has 0 saturated carbocycles. The van der Waals surface area contributed by atoms with Gasteiger partial charge in [0.15, 0.2) is 5.11 Å². The molecule has 184 valence electrons. The molecule has 0 bridgehead atoms. The van der Waals surface area contributed by atoms with Crippen molar-refractivity contribution in [1.29, 1.82) is 0 Å². The maximum Gasteiger partial charge on any atom is 0.229 e. The van der Waals surface area contributed by atoms with E-state index in [4.69, 9.17) is 12.2 Å². The predicted octanol–water partition coefficient (Wildman–Crippen LogP) is 5.04. The number of rotatable bonds is 6. The molecule has 7 nitrogen and oxygen atoms in total. The standard InChI is InChI=1S/C27H27N5O2S2/c1-18-17-23(19(2)31(18)21-9-5-4-6-10-21)26-25(24-11-7-8-16-28-24)29-27(35)32(26)22-14-12-20(13-15-22)30-36(3,33)34/h4-17,25-26,30H,1-3H3,(H,29,35)/t25-,26-/m1/s1. The number of anilines is 2. The van der Waals surface area contributed by atoms with E-state index in [0.29, 0.717) is 10.8 Å². The Morgan fingerprint density at radius 3 is 2.28 bits per heavy atom. The summed E-state index contributed by atoms with van der Waals surface area (Å²) in [6.45, 7) is 4.24. The first-order valence-corrected chi connectivity index (χ1v) is 13.9. The highest BCUT2D eigenvalue weighted by molar-refractivity contribution is 7.92. The Labute approximate surface area is 216 Å². The highest BCUT2D eigenvalue weighted by atomic mass is 32.2. The minimum absolute atomic E-state index is 0.162. The third-order valence-electron chi connectivity index (χ3n) is 6.35. The minimum Gasteiger partial charge on any atom is -0.351 e. The Morgan fingerprint density at radius 1 is 0.944 bits per heavy atom. The maximum absolute atomic E-state index is 11.7. The van der Waals surface area contributed by atoms with Crippen molar-refractivity contribution < 1.29 is 8.42 Å². The van der Waals surface area contributed by atoms with Crippen LogP contribution in [0.1, 0.15) is 34.7 Å². The van der Waals surface area contributed by atoms with E-state index in [-0.39, 0.29) is 12.1 Å². The van der Waals surface area contributed by atoms with Crippen LogP contribution in [-0.4, -0.2) is 29.3 Å². The Hall–Kier alpha value is -3.69. The smallest absolute Gasteiger partial charge is 0.229 e. The van der Waals surface area contributed by atoms with Gasteiger partial charge in [-0.25, -0.2) is 8.42 Å². The van der Waals surface area contributed by atoms with Crippen molar-refractivity contribution >= 4 is 38.7 Å². The number of benzene rings is 2. The van der Waals surface area contributed by atoms with E-state index in [9.17, 15) is 8.42 Å². The maximum atomic E-state index is 11.7. The predicted molar refractivity (Wildman–Crippen MR) is 148 cm³/mol. The van der Waals surface area contributed by atoms with Gasteiger partial charge in [-0.15, -0.1) is 0 Å². The molecule has 1 aliphatic rings. The molecule has 1 aliphatic heterocycles. The van der Waals surface area contributed by atoms with Crippen LogP contribution < -0.4 is 14.9 Å². The lowest BCUT2D eigenvalue weighted by Crippen LogP contribution is -2.29. The van der Waals surface area contributed by atoms with E-state index in [1.54, 1.807) is 18.3 Å². The first kappa shape index (κ1) is 24.0. The third-order valence-corrected chi connectivity index (χ3v) is 7.27. The van der Waals surface area contributed by atoms with Crippen LogP contribution >= 0.6 is 12.2 Å². The van der Waals surface area contributed by atoms with Gasteiger partial charge in [-0.05, 0) is 86.2 Å².